The second-order valence-corrected chi connectivity index (χ2v) is 6.69. The lowest BCUT2D eigenvalue weighted by Gasteiger charge is -2.16. The zero-order valence-corrected chi connectivity index (χ0v) is 14.8. The molecule has 1 heterocycles. The normalized spacial score (nSPS) is 14.8. The topological polar surface area (TPSA) is 63.2 Å². The fourth-order valence-electron chi connectivity index (χ4n) is 2.92. The summed E-state index contributed by atoms with van der Waals surface area (Å²) in [6.45, 7) is 5.29. The molecule has 132 valence electrons. The molecule has 2 N–H and O–H groups in total. The van der Waals surface area contributed by atoms with E-state index in [0.717, 1.165) is 29.8 Å². The van der Waals surface area contributed by atoms with Gasteiger partial charge in [-0.05, 0) is 68.7 Å². The maximum absolute atomic E-state index is 12.5. The number of aromatic nitrogens is 1. The van der Waals surface area contributed by atoms with E-state index in [1.807, 2.05) is 50.2 Å². The first-order valence-electron chi connectivity index (χ1n) is 8.79. The van der Waals surface area contributed by atoms with Crippen LogP contribution in [0.2, 0.25) is 0 Å². The Morgan fingerprint density at radius 1 is 1.12 bits per heavy atom. The van der Waals surface area contributed by atoms with Gasteiger partial charge in [-0.15, -0.1) is 0 Å². The summed E-state index contributed by atoms with van der Waals surface area (Å²) in [5.41, 5.74) is 1.74. The van der Waals surface area contributed by atoms with E-state index in [1.165, 1.54) is 0 Å². The lowest BCUT2D eigenvalue weighted by atomic mass is 9.96. The maximum atomic E-state index is 12.5. The van der Waals surface area contributed by atoms with Crippen LogP contribution in [0.1, 0.15) is 32.3 Å². The molecule has 5 heteroatoms. The first-order valence-corrected chi connectivity index (χ1v) is 8.79. The molecule has 0 bridgehead atoms. The number of rotatable bonds is 8. The third kappa shape index (κ3) is 4.29. The Bertz CT molecular complexity index is 695. The highest BCUT2D eigenvalue weighted by Crippen LogP contribution is 2.48. The average Bonchev–Trinajstić information content (AvgIpc) is 3.42. The van der Waals surface area contributed by atoms with Gasteiger partial charge >= 0.3 is 0 Å². The van der Waals surface area contributed by atoms with Gasteiger partial charge in [0, 0.05) is 31.2 Å². The molecule has 0 saturated heterocycles. The molecule has 1 saturated carbocycles. The van der Waals surface area contributed by atoms with Crippen molar-refractivity contribution in [3.8, 4) is 5.75 Å². The van der Waals surface area contributed by atoms with Crippen molar-refractivity contribution in [2.75, 3.05) is 18.4 Å². The predicted molar refractivity (Wildman–Crippen MR) is 98.9 cm³/mol. The molecule has 1 aliphatic carbocycles. The van der Waals surface area contributed by atoms with Crippen LogP contribution in [-0.4, -0.2) is 30.1 Å². The minimum absolute atomic E-state index is 0.112. The quantitative estimate of drug-likeness (QED) is 0.725. The molecule has 3 rings (SSSR count). The van der Waals surface area contributed by atoms with Crippen LogP contribution in [0.4, 0.5) is 5.69 Å². The summed E-state index contributed by atoms with van der Waals surface area (Å²) in [7, 11) is 0. The van der Waals surface area contributed by atoms with Gasteiger partial charge in [-0.2, -0.15) is 0 Å². The van der Waals surface area contributed by atoms with Crippen LogP contribution in [0.15, 0.2) is 48.8 Å². The van der Waals surface area contributed by atoms with Crippen LogP contribution in [0.5, 0.6) is 5.75 Å². The fraction of sp³-hybridized carbons (Fsp3) is 0.400. The minimum Gasteiger partial charge on any atom is -0.491 e. The third-order valence-corrected chi connectivity index (χ3v) is 4.38. The number of nitrogens with zero attached hydrogens (tertiary/aromatic N) is 1. The monoisotopic (exact) mass is 339 g/mol. The molecular formula is C20H25N3O2. The van der Waals surface area contributed by atoms with Crippen LogP contribution < -0.4 is 15.4 Å². The molecule has 0 unspecified atom stereocenters. The van der Waals surface area contributed by atoms with Crippen molar-refractivity contribution in [1.29, 1.82) is 0 Å². The highest BCUT2D eigenvalue weighted by Gasteiger charge is 2.50. The lowest BCUT2D eigenvalue weighted by Crippen LogP contribution is -2.37. The van der Waals surface area contributed by atoms with Gasteiger partial charge in [0.1, 0.15) is 5.75 Å². The number of benzene rings is 1. The largest absolute Gasteiger partial charge is 0.491 e. The average molecular weight is 339 g/mol. The van der Waals surface area contributed by atoms with Crippen molar-refractivity contribution in [1.82, 2.24) is 10.3 Å². The third-order valence-electron chi connectivity index (χ3n) is 4.38. The zero-order chi connectivity index (χ0) is 17.7. The number of hydrogen-bond acceptors (Lipinski definition) is 4. The van der Waals surface area contributed by atoms with Gasteiger partial charge in [0.15, 0.2) is 0 Å². The van der Waals surface area contributed by atoms with Gasteiger partial charge in [-0.3, -0.25) is 9.78 Å². The van der Waals surface area contributed by atoms with E-state index >= 15 is 0 Å². The van der Waals surface area contributed by atoms with Crippen LogP contribution in [0, 0.1) is 0 Å². The summed E-state index contributed by atoms with van der Waals surface area (Å²) < 4.78 is 5.62. The first kappa shape index (κ1) is 17.3. The molecular weight excluding hydrogens is 314 g/mol. The molecule has 1 aromatic carbocycles. The van der Waals surface area contributed by atoms with Crippen LogP contribution >= 0.6 is 0 Å². The van der Waals surface area contributed by atoms with E-state index in [1.54, 1.807) is 12.4 Å². The molecule has 5 nitrogen and oxygen atoms in total. The molecule has 1 aromatic heterocycles. The van der Waals surface area contributed by atoms with E-state index in [-0.39, 0.29) is 17.4 Å². The number of ether oxygens (including phenoxy) is 1. The van der Waals surface area contributed by atoms with Crippen molar-refractivity contribution in [2.24, 2.45) is 0 Å². The van der Waals surface area contributed by atoms with Crippen molar-refractivity contribution in [2.45, 2.75) is 38.2 Å². The second-order valence-electron chi connectivity index (χ2n) is 6.69. The summed E-state index contributed by atoms with van der Waals surface area (Å²) in [6.07, 6.45) is 5.48. The number of carbonyl (C=O) groups is 1. The number of anilines is 1. The molecule has 1 aliphatic rings. The Morgan fingerprint density at radius 2 is 1.80 bits per heavy atom. The summed E-state index contributed by atoms with van der Waals surface area (Å²) in [5.74, 6) is 0.975. The molecule has 0 spiro atoms. The lowest BCUT2D eigenvalue weighted by molar-refractivity contribution is -0.123. The number of nitrogens with one attached hydrogen (secondary N) is 2. The van der Waals surface area contributed by atoms with Crippen molar-refractivity contribution in [3.05, 3.63) is 54.4 Å². The van der Waals surface area contributed by atoms with Crippen molar-refractivity contribution in [3.63, 3.8) is 0 Å². The van der Waals surface area contributed by atoms with E-state index in [2.05, 4.69) is 15.6 Å². The van der Waals surface area contributed by atoms with Gasteiger partial charge in [0.25, 0.3) is 0 Å². The Labute approximate surface area is 148 Å². The smallest absolute Gasteiger partial charge is 0.230 e. The van der Waals surface area contributed by atoms with Crippen LogP contribution in [-0.2, 0) is 10.2 Å². The molecule has 1 amide bonds. The van der Waals surface area contributed by atoms with Gasteiger partial charge in [-0.25, -0.2) is 0 Å². The number of pyridine rings is 1. The van der Waals surface area contributed by atoms with Gasteiger partial charge in [0.2, 0.25) is 5.91 Å². The minimum atomic E-state index is -0.335. The molecule has 2 aromatic rings. The molecule has 0 aliphatic heterocycles. The van der Waals surface area contributed by atoms with E-state index in [4.69, 9.17) is 4.74 Å². The molecule has 1 fully saturated rings. The van der Waals surface area contributed by atoms with Gasteiger partial charge < -0.3 is 15.4 Å². The van der Waals surface area contributed by atoms with Crippen LogP contribution in [0.25, 0.3) is 0 Å². The predicted octanol–water partition coefficient (Wildman–Crippen LogP) is 3.13. The van der Waals surface area contributed by atoms with E-state index < -0.39 is 0 Å². The summed E-state index contributed by atoms with van der Waals surface area (Å²) in [6, 6.07) is 11.7. The van der Waals surface area contributed by atoms with E-state index in [9.17, 15) is 4.79 Å². The molecule has 25 heavy (non-hydrogen) atoms. The van der Waals surface area contributed by atoms with Crippen LogP contribution in [0.3, 0.4) is 0 Å². The van der Waals surface area contributed by atoms with Crippen molar-refractivity contribution >= 4 is 11.6 Å². The summed E-state index contributed by atoms with van der Waals surface area (Å²) in [5, 5.41) is 6.36. The van der Waals surface area contributed by atoms with Gasteiger partial charge in [0.05, 0.1) is 11.5 Å². The number of carbonyl (C=O) groups excluding carboxylic acids is 1. The number of hydrogen-bond donors (Lipinski definition) is 2. The Hall–Kier alpha value is -2.56. The fourth-order valence-corrected chi connectivity index (χ4v) is 2.92. The Morgan fingerprint density at radius 3 is 2.40 bits per heavy atom. The second kappa shape index (κ2) is 7.55. The summed E-state index contributed by atoms with van der Waals surface area (Å²) in [4.78, 5) is 16.5. The standard InChI is InChI=1S/C20H25N3O2/c1-15(2)25-18-5-3-17(4-6-18)22-13-14-23-19(24)20(9-10-20)16-7-11-21-12-8-16/h3-8,11-12,15,22H,9-10,13-14H2,1-2H3,(H,23,24). The Kier molecular flexibility index (Phi) is 5.22. The first-order chi connectivity index (χ1) is 12.1. The Balaban J connectivity index is 1.43. The zero-order valence-electron chi connectivity index (χ0n) is 14.8. The van der Waals surface area contributed by atoms with Crippen molar-refractivity contribution < 1.29 is 9.53 Å². The van der Waals surface area contributed by atoms with Gasteiger partial charge in [-0.1, -0.05) is 0 Å². The number of amides is 1. The molecule has 0 radical (unpaired) electrons. The van der Waals surface area contributed by atoms with E-state index in [0.29, 0.717) is 13.1 Å². The molecule has 0 atom stereocenters. The summed E-state index contributed by atoms with van der Waals surface area (Å²) >= 11 is 0. The SMILES string of the molecule is CC(C)Oc1ccc(NCCNC(=O)C2(c3ccncc3)CC2)cc1. The maximum Gasteiger partial charge on any atom is 0.230 e. The highest BCUT2D eigenvalue weighted by molar-refractivity contribution is 5.91. The highest BCUT2D eigenvalue weighted by atomic mass is 16.5.